The van der Waals surface area contributed by atoms with E-state index in [2.05, 4.69) is 105 Å². The molecular weight excluding hydrogens is 1380 g/mol. The number of H-pyrrole nitrogens is 4. The van der Waals surface area contributed by atoms with Gasteiger partial charge in [0, 0.05) is 151 Å². The Kier molecular flexibility index (Phi) is 22.4. The van der Waals surface area contributed by atoms with Crippen molar-refractivity contribution in [1.29, 1.82) is 0 Å². The SMILES string of the molecule is COC(=O)N1CCC(C)(N2CCC(n3c(=O)[nH]c4cc(C)ccc43)CC2)C1.COC(=O)N1CCC(C)(N2CCC(n3c(=O)[nH]c4cc(C)ccc43)CC2)C1.COC(=O)N1CCC(C)(N2CCC(n3c(=O)[nH]c4ccc(C)cc43)CC2)C1.COC(=O)N1CCC(C)(N2CCC(n3c(=O)[nH]c4ccc(C)cc43)CC2)C1. The number of ether oxygens (including phenoxy) is 4. The predicted molar refractivity (Wildman–Crippen MR) is 417 cm³/mol. The topological polar surface area (TPSA) is 282 Å². The number of aromatic amines is 4. The molecule has 8 fully saturated rings. The van der Waals surface area contributed by atoms with Crippen LogP contribution in [0, 0.1) is 27.7 Å². The molecule has 0 saturated carbocycles. The first-order valence-corrected chi connectivity index (χ1v) is 38.8. The van der Waals surface area contributed by atoms with E-state index in [9.17, 15) is 38.4 Å². The Hall–Kier alpha value is -9.12. The monoisotopic (exact) mass is 1490 g/mol. The summed E-state index contributed by atoms with van der Waals surface area (Å²) in [5.74, 6) is 0. The molecule has 0 radical (unpaired) electrons. The highest BCUT2D eigenvalue weighted by Gasteiger charge is 2.47. The van der Waals surface area contributed by atoms with Crippen LogP contribution in [0.2, 0.25) is 0 Å². The Morgan fingerprint density at radius 1 is 0.315 bits per heavy atom. The van der Waals surface area contributed by atoms with Gasteiger partial charge in [-0.1, -0.05) is 24.3 Å². The second-order valence-corrected chi connectivity index (χ2v) is 32.7. The summed E-state index contributed by atoms with van der Waals surface area (Å²) < 4.78 is 27.2. The van der Waals surface area contributed by atoms with Crippen molar-refractivity contribution in [2.45, 2.75) is 179 Å². The highest BCUT2D eigenvalue weighted by molar-refractivity contribution is 5.79. The molecule has 8 aromatic rings. The van der Waals surface area contributed by atoms with E-state index in [0.717, 1.165) is 222 Å². The Morgan fingerprint density at radius 2 is 0.537 bits per heavy atom. The molecule has 584 valence electrons. The van der Waals surface area contributed by atoms with E-state index >= 15 is 0 Å². The molecule has 12 heterocycles. The number of aryl methyl sites for hydroxylation is 4. The lowest BCUT2D eigenvalue weighted by molar-refractivity contribution is 0.0662. The van der Waals surface area contributed by atoms with Gasteiger partial charge in [0.25, 0.3) is 0 Å². The number of methoxy groups -OCH3 is 4. The molecule has 4 aromatic heterocycles. The summed E-state index contributed by atoms with van der Waals surface area (Å²) in [6.45, 7) is 30.3. The number of imidazole rings is 4. The average Bonchev–Trinajstić information content (AvgIpc) is 1.65. The summed E-state index contributed by atoms with van der Waals surface area (Å²) >= 11 is 0. The van der Waals surface area contributed by atoms with Crippen LogP contribution in [0.25, 0.3) is 44.1 Å². The summed E-state index contributed by atoms with van der Waals surface area (Å²) in [6, 6.07) is 25.3. The van der Waals surface area contributed by atoms with Gasteiger partial charge >= 0.3 is 47.1 Å². The molecule has 4 atom stereocenters. The highest BCUT2D eigenvalue weighted by atomic mass is 16.6. The number of carbonyl (C=O) groups is 4. The van der Waals surface area contributed by atoms with Crippen molar-refractivity contribution in [3.63, 3.8) is 0 Å². The smallest absolute Gasteiger partial charge is 0.409 e. The Bertz CT molecular complexity index is 4530. The molecule has 28 heteroatoms. The third-order valence-corrected chi connectivity index (χ3v) is 25.4. The zero-order chi connectivity index (χ0) is 76.7. The molecule has 4 unspecified atom stereocenters. The highest BCUT2D eigenvalue weighted by Crippen LogP contribution is 2.39. The van der Waals surface area contributed by atoms with Gasteiger partial charge in [-0.05, 0) is 203 Å². The lowest BCUT2D eigenvalue weighted by atomic mass is 9.93. The van der Waals surface area contributed by atoms with Crippen LogP contribution >= 0.6 is 0 Å². The van der Waals surface area contributed by atoms with Crippen molar-refractivity contribution >= 4 is 68.5 Å². The molecule has 108 heavy (non-hydrogen) atoms. The number of amides is 4. The van der Waals surface area contributed by atoms with E-state index in [1.54, 1.807) is 19.6 Å². The molecule has 4 N–H and O–H groups in total. The third kappa shape index (κ3) is 15.6. The lowest BCUT2D eigenvalue weighted by Crippen LogP contribution is -2.52. The van der Waals surface area contributed by atoms with Crippen molar-refractivity contribution in [2.24, 2.45) is 0 Å². The van der Waals surface area contributed by atoms with Crippen LogP contribution in [-0.4, -0.2) is 257 Å². The number of nitrogens with one attached hydrogen (secondary N) is 4. The number of aromatic nitrogens is 8. The van der Waals surface area contributed by atoms with Gasteiger partial charge in [-0.25, -0.2) is 38.4 Å². The van der Waals surface area contributed by atoms with Crippen LogP contribution in [-0.2, 0) is 18.9 Å². The minimum absolute atomic E-state index is 0.0125. The van der Waals surface area contributed by atoms with Crippen LogP contribution in [0.4, 0.5) is 19.2 Å². The van der Waals surface area contributed by atoms with Crippen LogP contribution < -0.4 is 22.8 Å². The second kappa shape index (κ2) is 31.5. The van der Waals surface area contributed by atoms with E-state index in [-0.39, 0.29) is 93.5 Å². The molecule has 4 aromatic carbocycles. The minimum Gasteiger partial charge on any atom is -0.453 e. The molecule has 4 amide bonds. The first-order chi connectivity index (χ1) is 51.6. The Morgan fingerprint density at radius 3 is 0.787 bits per heavy atom. The first kappa shape index (κ1) is 77.1. The number of likely N-dealkylation sites (tertiary alicyclic amines) is 8. The Balaban J connectivity index is 0.000000127. The zero-order valence-electron chi connectivity index (χ0n) is 65.3. The van der Waals surface area contributed by atoms with Crippen molar-refractivity contribution in [3.05, 3.63) is 137 Å². The van der Waals surface area contributed by atoms with Crippen LogP contribution in [0.15, 0.2) is 92.0 Å². The molecule has 8 saturated heterocycles. The number of nitrogens with zero attached hydrogens (tertiary/aromatic N) is 12. The summed E-state index contributed by atoms with van der Waals surface area (Å²) in [6.07, 6.45) is 10.4. The summed E-state index contributed by atoms with van der Waals surface area (Å²) in [7, 11) is 5.74. The fraction of sp³-hybridized carbons (Fsp3) is 0.600. The van der Waals surface area contributed by atoms with Gasteiger partial charge in [-0.3, -0.25) is 37.9 Å². The third-order valence-electron chi connectivity index (χ3n) is 25.4. The first-order valence-electron chi connectivity index (χ1n) is 38.8. The van der Waals surface area contributed by atoms with Crippen molar-refractivity contribution in [2.75, 3.05) is 133 Å². The fourth-order valence-corrected chi connectivity index (χ4v) is 19.0. The number of hydrogen-bond donors (Lipinski definition) is 4. The van der Waals surface area contributed by atoms with Gasteiger partial charge in [0.15, 0.2) is 0 Å². The minimum atomic E-state index is -0.241. The van der Waals surface area contributed by atoms with Gasteiger partial charge in [0.05, 0.1) is 72.6 Å². The summed E-state index contributed by atoms with van der Waals surface area (Å²) in [5.41, 5.74) is 12.1. The number of benzene rings is 4. The van der Waals surface area contributed by atoms with E-state index in [0.29, 0.717) is 26.2 Å². The second-order valence-electron chi connectivity index (χ2n) is 32.7. The number of rotatable bonds is 8. The molecule has 28 nitrogen and oxygen atoms in total. The molecule has 8 aliphatic heterocycles. The maximum Gasteiger partial charge on any atom is 0.409 e. The van der Waals surface area contributed by atoms with Crippen molar-refractivity contribution < 1.29 is 38.1 Å². The fourth-order valence-electron chi connectivity index (χ4n) is 19.0. The maximum atomic E-state index is 12.5. The maximum absolute atomic E-state index is 12.5. The standard InChI is InChI=1S/4C20H28N4O3/c2*1-14-4-5-17-16(12-14)21-18(25)24(17)15-6-9-23(10-7-15)20(2)8-11-22(13-20)19(26)27-3;2*1-14-4-5-16-17(12-14)24(18(25)21-16)15-6-9-23(10-7-15)20(2)8-11-22(13-20)19(26)27-3/h4*4-5,12,15H,6-11,13H2,1-3H3,(H,21,25). The van der Waals surface area contributed by atoms with Gasteiger partial charge < -0.3 is 58.5 Å². The van der Waals surface area contributed by atoms with Crippen LogP contribution in [0.1, 0.15) is 151 Å². The Labute approximate surface area is 630 Å². The molecule has 16 rings (SSSR count). The van der Waals surface area contributed by atoms with Crippen LogP contribution in [0.3, 0.4) is 0 Å². The lowest BCUT2D eigenvalue weighted by Gasteiger charge is -2.43. The molecule has 0 bridgehead atoms. The van der Waals surface area contributed by atoms with Crippen molar-refractivity contribution in [1.82, 2.24) is 77.4 Å². The molecule has 8 aliphatic rings. The summed E-state index contributed by atoms with van der Waals surface area (Å²) in [4.78, 5) is 127. The van der Waals surface area contributed by atoms with Gasteiger partial charge in [-0.15, -0.1) is 0 Å². The molecule has 0 spiro atoms. The van der Waals surface area contributed by atoms with E-state index in [4.69, 9.17) is 18.9 Å². The van der Waals surface area contributed by atoms with Gasteiger partial charge in [0.2, 0.25) is 0 Å². The summed E-state index contributed by atoms with van der Waals surface area (Å²) in [5, 5.41) is 0. The molecular formula is C80H112N16O12. The number of carbonyl (C=O) groups excluding carboxylic acids is 4. The largest absolute Gasteiger partial charge is 0.453 e. The van der Waals surface area contributed by atoms with Crippen LogP contribution in [0.5, 0.6) is 0 Å². The normalized spacial score (nSPS) is 24.6. The number of piperidine rings is 4. The van der Waals surface area contributed by atoms with Gasteiger partial charge in [-0.2, -0.15) is 0 Å². The van der Waals surface area contributed by atoms with Crippen molar-refractivity contribution in [3.8, 4) is 0 Å². The number of hydrogen-bond acceptors (Lipinski definition) is 16. The van der Waals surface area contributed by atoms with E-state index < -0.39 is 0 Å². The average molecular weight is 1490 g/mol. The number of fused-ring (bicyclic) bond motifs is 4. The molecule has 0 aliphatic carbocycles. The quantitative estimate of drug-likeness (QED) is 0.103. The zero-order valence-corrected chi connectivity index (χ0v) is 65.3. The van der Waals surface area contributed by atoms with E-state index in [1.807, 2.05) is 80.6 Å². The van der Waals surface area contributed by atoms with Gasteiger partial charge in [0.1, 0.15) is 0 Å². The van der Waals surface area contributed by atoms with E-state index in [1.165, 1.54) is 28.4 Å². The predicted octanol–water partition coefficient (Wildman–Crippen LogP) is 10.0.